The van der Waals surface area contributed by atoms with Gasteiger partial charge in [-0.25, -0.2) is 0 Å². The summed E-state index contributed by atoms with van der Waals surface area (Å²) >= 11 is 6.23. The SMILES string of the molecule is COC1CCC(Nc2cnn(-c3ccccc3)c(=O)c2Cl)C1. The third kappa shape index (κ3) is 3.00. The molecule has 1 aliphatic rings. The van der Waals surface area contributed by atoms with Crippen LogP contribution in [0.5, 0.6) is 0 Å². The number of nitrogens with one attached hydrogen (secondary N) is 1. The molecule has 0 saturated heterocycles. The molecule has 0 aliphatic heterocycles. The van der Waals surface area contributed by atoms with Gasteiger partial charge in [-0.05, 0) is 31.4 Å². The molecule has 2 unspecified atom stereocenters. The highest BCUT2D eigenvalue weighted by Gasteiger charge is 2.25. The molecule has 5 nitrogen and oxygen atoms in total. The van der Waals surface area contributed by atoms with E-state index in [-0.39, 0.29) is 22.7 Å². The van der Waals surface area contributed by atoms with Crippen LogP contribution in [-0.2, 0) is 4.74 Å². The average molecular weight is 320 g/mol. The first kappa shape index (κ1) is 15.1. The van der Waals surface area contributed by atoms with Crippen LogP contribution >= 0.6 is 11.6 Å². The Hall–Kier alpha value is -1.85. The van der Waals surface area contributed by atoms with Crippen LogP contribution in [0.2, 0.25) is 5.02 Å². The molecular formula is C16H18ClN3O2. The minimum absolute atomic E-state index is 0.166. The zero-order chi connectivity index (χ0) is 15.5. The monoisotopic (exact) mass is 319 g/mol. The van der Waals surface area contributed by atoms with E-state index >= 15 is 0 Å². The van der Waals surface area contributed by atoms with Crippen LogP contribution in [-0.4, -0.2) is 29.0 Å². The molecule has 1 heterocycles. The Kier molecular flexibility index (Phi) is 4.45. The number of aromatic nitrogens is 2. The van der Waals surface area contributed by atoms with Gasteiger partial charge in [0.25, 0.3) is 5.56 Å². The van der Waals surface area contributed by atoms with Crippen molar-refractivity contribution in [3.63, 3.8) is 0 Å². The number of methoxy groups -OCH3 is 1. The first-order valence-corrected chi connectivity index (χ1v) is 7.69. The van der Waals surface area contributed by atoms with Gasteiger partial charge in [-0.1, -0.05) is 29.8 Å². The highest BCUT2D eigenvalue weighted by atomic mass is 35.5. The molecule has 116 valence electrons. The van der Waals surface area contributed by atoms with Gasteiger partial charge in [0.1, 0.15) is 5.02 Å². The first-order valence-electron chi connectivity index (χ1n) is 7.31. The molecule has 1 aromatic heterocycles. The Bertz CT molecular complexity index is 702. The second-order valence-electron chi connectivity index (χ2n) is 5.44. The fourth-order valence-electron chi connectivity index (χ4n) is 2.79. The van der Waals surface area contributed by atoms with Gasteiger partial charge in [-0.15, -0.1) is 0 Å². The highest BCUT2D eigenvalue weighted by Crippen LogP contribution is 2.26. The smallest absolute Gasteiger partial charge is 0.292 e. The van der Waals surface area contributed by atoms with Gasteiger partial charge in [0.15, 0.2) is 0 Å². The van der Waals surface area contributed by atoms with E-state index in [1.54, 1.807) is 13.3 Å². The molecule has 0 bridgehead atoms. The third-order valence-electron chi connectivity index (χ3n) is 4.00. The van der Waals surface area contributed by atoms with Gasteiger partial charge >= 0.3 is 0 Å². The molecule has 1 saturated carbocycles. The van der Waals surface area contributed by atoms with E-state index in [0.29, 0.717) is 11.4 Å². The van der Waals surface area contributed by atoms with Crippen LogP contribution in [0.3, 0.4) is 0 Å². The van der Waals surface area contributed by atoms with Gasteiger partial charge in [0.2, 0.25) is 0 Å². The lowest BCUT2D eigenvalue weighted by Gasteiger charge is -2.15. The maximum absolute atomic E-state index is 12.4. The number of ether oxygens (including phenoxy) is 1. The number of nitrogens with zero attached hydrogens (tertiary/aromatic N) is 2. The largest absolute Gasteiger partial charge is 0.381 e. The predicted octanol–water partition coefficient (Wildman–Crippen LogP) is 2.87. The number of hydrogen-bond donors (Lipinski definition) is 1. The van der Waals surface area contributed by atoms with Gasteiger partial charge in [-0.2, -0.15) is 9.78 Å². The van der Waals surface area contributed by atoms with Crippen molar-refractivity contribution in [2.24, 2.45) is 0 Å². The fourth-order valence-corrected chi connectivity index (χ4v) is 2.98. The van der Waals surface area contributed by atoms with Gasteiger partial charge in [-0.3, -0.25) is 4.79 Å². The third-order valence-corrected chi connectivity index (χ3v) is 4.36. The Morgan fingerprint density at radius 2 is 2.09 bits per heavy atom. The molecule has 1 fully saturated rings. The minimum Gasteiger partial charge on any atom is -0.381 e. The topological polar surface area (TPSA) is 56.1 Å². The Balaban J connectivity index is 1.83. The van der Waals surface area contributed by atoms with Crippen LogP contribution in [0.4, 0.5) is 5.69 Å². The summed E-state index contributed by atoms with van der Waals surface area (Å²) in [6.07, 6.45) is 4.80. The number of rotatable bonds is 4. The van der Waals surface area contributed by atoms with E-state index in [9.17, 15) is 4.79 Å². The average Bonchev–Trinajstić information content (AvgIpc) is 3.01. The molecule has 2 aromatic rings. The maximum Gasteiger partial charge on any atom is 0.292 e. The van der Waals surface area contributed by atoms with Crippen molar-refractivity contribution in [1.82, 2.24) is 9.78 Å². The summed E-state index contributed by atoms with van der Waals surface area (Å²) in [6.45, 7) is 0. The summed E-state index contributed by atoms with van der Waals surface area (Å²) in [7, 11) is 1.72. The molecule has 0 spiro atoms. The maximum atomic E-state index is 12.4. The fraction of sp³-hybridized carbons (Fsp3) is 0.375. The Morgan fingerprint density at radius 3 is 2.77 bits per heavy atom. The molecular weight excluding hydrogens is 302 g/mol. The Labute approximate surface area is 133 Å². The van der Waals surface area contributed by atoms with Crippen molar-refractivity contribution in [3.05, 3.63) is 51.9 Å². The molecule has 22 heavy (non-hydrogen) atoms. The van der Waals surface area contributed by atoms with E-state index in [0.717, 1.165) is 19.3 Å². The van der Waals surface area contributed by atoms with Crippen LogP contribution in [0.15, 0.2) is 41.3 Å². The second-order valence-corrected chi connectivity index (χ2v) is 5.81. The molecule has 1 aliphatic carbocycles. The second kappa shape index (κ2) is 6.50. The van der Waals surface area contributed by atoms with E-state index in [1.807, 2.05) is 30.3 Å². The summed E-state index contributed by atoms with van der Waals surface area (Å²) in [4.78, 5) is 12.4. The molecule has 3 rings (SSSR count). The molecule has 0 radical (unpaired) electrons. The van der Waals surface area contributed by atoms with E-state index in [4.69, 9.17) is 16.3 Å². The first-order chi connectivity index (χ1) is 10.7. The summed E-state index contributed by atoms with van der Waals surface area (Å²) in [5.74, 6) is 0. The quantitative estimate of drug-likeness (QED) is 0.941. The van der Waals surface area contributed by atoms with Crippen molar-refractivity contribution >= 4 is 17.3 Å². The standard InChI is InChI=1S/C16H18ClN3O2/c1-22-13-8-7-11(9-13)19-14-10-18-20(16(21)15(14)17)12-5-3-2-4-6-12/h2-6,10-11,13,19H,7-9H2,1H3. The molecule has 1 aromatic carbocycles. The summed E-state index contributed by atoms with van der Waals surface area (Å²) < 4.78 is 6.66. The lowest BCUT2D eigenvalue weighted by molar-refractivity contribution is 0.108. The van der Waals surface area contributed by atoms with Gasteiger partial charge in [0, 0.05) is 13.2 Å². The predicted molar refractivity (Wildman–Crippen MR) is 86.9 cm³/mol. The normalized spacial score (nSPS) is 21.0. The zero-order valence-corrected chi connectivity index (χ0v) is 13.1. The van der Waals surface area contributed by atoms with Gasteiger partial charge < -0.3 is 10.1 Å². The van der Waals surface area contributed by atoms with E-state index in [1.165, 1.54) is 4.68 Å². The van der Waals surface area contributed by atoms with Crippen molar-refractivity contribution in [2.45, 2.75) is 31.4 Å². The lowest BCUT2D eigenvalue weighted by atomic mass is 10.2. The number of hydrogen-bond acceptors (Lipinski definition) is 4. The van der Waals surface area contributed by atoms with Crippen LogP contribution < -0.4 is 10.9 Å². The molecule has 6 heteroatoms. The Morgan fingerprint density at radius 1 is 1.32 bits per heavy atom. The van der Waals surface area contributed by atoms with Gasteiger partial charge in [0.05, 0.1) is 23.7 Å². The minimum atomic E-state index is -0.320. The lowest BCUT2D eigenvalue weighted by Crippen LogP contribution is -2.25. The summed E-state index contributed by atoms with van der Waals surface area (Å²) in [6, 6.07) is 9.49. The number of halogens is 1. The van der Waals surface area contributed by atoms with Crippen LogP contribution in [0.1, 0.15) is 19.3 Å². The van der Waals surface area contributed by atoms with Crippen molar-refractivity contribution in [2.75, 3.05) is 12.4 Å². The van der Waals surface area contributed by atoms with Crippen molar-refractivity contribution in [3.8, 4) is 5.69 Å². The van der Waals surface area contributed by atoms with Crippen LogP contribution in [0.25, 0.3) is 5.69 Å². The zero-order valence-electron chi connectivity index (χ0n) is 12.3. The number of anilines is 1. The summed E-state index contributed by atoms with van der Waals surface area (Å²) in [5, 5.41) is 7.69. The molecule has 2 atom stereocenters. The van der Waals surface area contributed by atoms with Crippen LogP contribution in [0, 0.1) is 0 Å². The van der Waals surface area contributed by atoms with Crippen molar-refractivity contribution < 1.29 is 4.74 Å². The van der Waals surface area contributed by atoms with Crippen molar-refractivity contribution in [1.29, 1.82) is 0 Å². The van der Waals surface area contributed by atoms with E-state index < -0.39 is 0 Å². The number of para-hydroxylation sites is 1. The molecule has 1 N–H and O–H groups in total. The van der Waals surface area contributed by atoms with E-state index in [2.05, 4.69) is 10.4 Å². The molecule has 0 amide bonds. The summed E-state index contributed by atoms with van der Waals surface area (Å²) in [5.41, 5.74) is 0.959. The number of benzene rings is 1. The highest BCUT2D eigenvalue weighted by molar-refractivity contribution is 6.32.